The third kappa shape index (κ3) is 3.02. The van der Waals surface area contributed by atoms with Crippen molar-refractivity contribution < 1.29 is 9.59 Å². The van der Waals surface area contributed by atoms with Crippen LogP contribution in [0.15, 0.2) is 36.2 Å². The zero-order valence-corrected chi connectivity index (χ0v) is 16.3. The highest BCUT2D eigenvalue weighted by molar-refractivity contribution is 7.80. The summed E-state index contributed by atoms with van der Waals surface area (Å²) in [6.07, 6.45) is 5.97. The maximum absolute atomic E-state index is 12.6. The number of likely N-dealkylation sites (N-methyl/N-ethyl adjacent to an activating group) is 2. The number of para-hydroxylation sites is 1. The average molecular weight is 382 g/mol. The average Bonchev–Trinajstić information content (AvgIpc) is 3.36. The van der Waals surface area contributed by atoms with Gasteiger partial charge in [-0.3, -0.25) is 14.5 Å². The number of fused-ring (bicyclic) bond motifs is 1. The lowest BCUT2D eigenvalue weighted by Gasteiger charge is -2.16. The summed E-state index contributed by atoms with van der Waals surface area (Å²) in [5, 5.41) is 1.50. The largest absolute Gasteiger partial charge is 0.341 e. The molecular weight excluding hydrogens is 360 g/mol. The highest BCUT2D eigenvalue weighted by atomic mass is 32.1. The van der Waals surface area contributed by atoms with E-state index >= 15 is 0 Å². The lowest BCUT2D eigenvalue weighted by Crippen LogP contribution is -2.30. The summed E-state index contributed by atoms with van der Waals surface area (Å²) in [6.45, 7) is 2.00. The smallest absolute Gasteiger partial charge is 0.276 e. The van der Waals surface area contributed by atoms with Gasteiger partial charge < -0.3 is 14.4 Å². The number of aromatic nitrogens is 1. The number of rotatable bonds is 3. The third-order valence-corrected chi connectivity index (χ3v) is 5.88. The second-order valence-corrected chi connectivity index (χ2v) is 7.42. The molecule has 0 saturated carbocycles. The lowest BCUT2D eigenvalue weighted by atomic mass is 10.1. The van der Waals surface area contributed by atoms with Gasteiger partial charge in [0.05, 0.1) is 0 Å². The topological polar surface area (TPSA) is 48.8 Å². The molecule has 2 fully saturated rings. The van der Waals surface area contributed by atoms with E-state index in [0.29, 0.717) is 17.4 Å². The van der Waals surface area contributed by atoms with Crippen LogP contribution in [0.2, 0.25) is 0 Å². The standard InChI is InChI=1S/C20H22N4O2S/c1-21-17(19(26)22(2)20(21)27)11-14-12-24(16-8-4-3-7-15(14)16)13-18(25)23-9-5-6-10-23/h3-4,7-8,11-12H,5-6,9-10,13H2,1-2H3/b17-11-. The predicted molar refractivity (Wildman–Crippen MR) is 109 cm³/mol. The Morgan fingerprint density at radius 2 is 1.85 bits per heavy atom. The van der Waals surface area contributed by atoms with Crippen molar-refractivity contribution >= 4 is 46.1 Å². The first-order chi connectivity index (χ1) is 13.0. The molecule has 3 heterocycles. The van der Waals surface area contributed by atoms with Crippen LogP contribution in [0.4, 0.5) is 0 Å². The van der Waals surface area contributed by atoms with Crippen LogP contribution in [0.5, 0.6) is 0 Å². The molecule has 2 saturated heterocycles. The van der Waals surface area contributed by atoms with E-state index in [1.54, 1.807) is 19.0 Å². The summed E-state index contributed by atoms with van der Waals surface area (Å²) in [6, 6.07) is 7.95. The molecule has 0 atom stereocenters. The summed E-state index contributed by atoms with van der Waals surface area (Å²) in [5.41, 5.74) is 2.44. The lowest BCUT2D eigenvalue weighted by molar-refractivity contribution is -0.130. The van der Waals surface area contributed by atoms with Crippen LogP contribution in [0.1, 0.15) is 18.4 Å². The fourth-order valence-electron chi connectivity index (χ4n) is 3.77. The van der Waals surface area contributed by atoms with Gasteiger partial charge in [0.25, 0.3) is 5.91 Å². The molecule has 2 aliphatic heterocycles. The summed E-state index contributed by atoms with van der Waals surface area (Å²) >= 11 is 5.29. The zero-order valence-electron chi connectivity index (χ0n) is 15.5. The van der Waals surface area contributed by atoms with Crippen molar-refractivity contribution in [3.05, 3.63) is 41.7 Å². The molecule has 2 aromatic rings. The number of hydrogen-bond acceptors (Lipinski definition) is 3. The first kappa shape index (κ1) is 17.7. The van der Waals surface area contributed by atoms with E-state index in [2.05, 4.69) is 0 Å². The molecule has 4 rings (SSSR count). The third-order valence-electron chi connectivity index (χ3n) is 5.33. The van der Waals surface area contributed by atoms with Crippen molar-refractivity contribution in [1.82, 2.24) is 19.3 Å². The number of benzene rings is 1. The molecule has 7 heteroatoms. The van der Waals surface area contributed by atoms with E-state index in [-0.39, 0.29) is 11.8 Å². The number of carbonyl (C=O) groups excluding carboxylic acids is 2. The number of nitrogens with zero attached hydrogens (tertiary/aromatic N) is 4. The number of thiocarbonyl (C=S) groups is 1. The minimum Gasteiger partial charge on any atom is -0.341 e. The minimum absolute atomic E-state index is 0.118. The highest BCUT2D eigenvalue weighted by Gasteiger charge is 2.33. The van der Waals surface area contributed by atoms with Crippen LogP contribution in [-0.2, 0) is 16.1 Å². The van der Waals surface area contributed by atoms with Gasteiger partial charge in [-0.05, 0) is 37.2 Å². The maximum atomic E-state index is 12.6. The van der Waals surface area contributed by atoms with Crippen molar-refractivity contribution in [2.75, 3.05) is 27.2 Å². The van der Waals surface area contributed by atoms with Crippen LogP contribution < -0.4 is 0 Å². The number of amides is 2. The van der Waals surface area contributed by atoms with E-state index in [1.165, 1.54) is 4.90 Å². The molecular formula is C20H22N4O2S. The Hall–Kier alpha value is -2.67. The molecule has 0 unspecified atom stereocenters. The van der Waals surface area contributed by atoms with E-state index < -0.39 is 0 Å². The van der Waals surface area contributed by atoms with E-state index in [0.717, 1.165) is 42.4 Å². The Morgan fingerprint density at radius 1 is 1.15 bits per heavy atom. The fraction of sp³-hybridized carbons (Fsp3) is 0.350. The van der Waals surface area contributed by atoms with E-state index in [4.69, 9.17) is 12.2 Å². The second kappa shape index (κ2) is 6.81. The van der Waals surface area contributed by atoms with Crippen molar-refractivity contribution in [2.24, 2.45) is 0 Å². The Kier molecular flexibility index (Phi) is 4.47. The predicted octanol–water partition coefficient (Wildman–Crippen LogP) is 2.29. The molecule has 6 nitrogen and oxygen atoms in total. The maximum Gasteiger partial charge on any atom is 0.276 e. The second-order valence-electron chi connectivity index (χ2n) is 7.05. The molecule has 0 N–H and O–H groups in total. The fourth-order valence-corrected chi connectivity index (χ4v) is 3.95. The first-order valence-electron chi connectivity index (χ1n) is 9.10. The van der Waals surface area contributed by atoms with Crippen LogP contribution in [0, 0.1) is 0 Å². The van der Waals surface area contributed by atoms with E-state index in [9.17, 15) is 9.59 Å². The molecule has 0 spiro atoms. The van der Waals surface area contributed by atoms with Gasteiger partial charge >= 0.3 is 0 Å². The van der Waals surface area contributed by atoms with Gasteiger partial charge in [0.15, 0.2) is 5.11 Å². The molecule has 140 valence electrons. The van der Waals surface area contributed by atoms with Gasteiger partial charge in [-0.15, -0.1) is 0 Å². The normalized spacial score (nSPS) is 19.2. The SMILES string of the molecule is CN1C(=O)/C(=C/c2cn(CC(=O)N3CCCC3)c3ccccc23)N(C)C1=S. The molecule has 0 radical (unpaired) electrons. The zero-order chi connectivity index (χ0) is 19.1. The van der Waals surface area contributed by atoms with E-state index in [1.807, 2.05) is 46.0 Å². The van der Waals surface area contributed by atoms with Crippen LogP contribution in [0.25, 0.3) is 17.0 Å². The molecule has 2 amide bonds. The molecule has 2 aliphatic rings. The highest BCUT2D eigenvalue weighted by Crippen LogP contribution is 2.27. The van der Waals surface area contributed by atoms with Gasteiger partial charge in [-0.2, -0.15) is 0 Å². The van der Waals surface area contributed by atoms with Gasteiger partial charge in [0.2, 0.25) is 5.91 Å². The van der Waals surface area contributed by atoms with Gasteiger partial charge in [-0.25, -0.2) is 0 Å². The summed E-state index contributed by atoms with van der Waals surface area (Å²) in [4.78, 5) is 30.2. The minimum atomic E-state index is -0.118. The molecule has 0 aliphatic carbocycles. The van der Waals surface area contributed by atoms with Gasteiger partial charge in [0.1, 0.15) is 12.2 Å². The van der Waals surface area contributed by atoms with Gasteiger partial charge in [-0.1, -0.05) is 18.2 Å². The van der Waals surface area contributed by atoms with Crippen molar-refractivity contribution in [1.29, 1.82) is 0 Å². The van der Waals surface area contributed by atoms with Crippen LogP contribution in [-0.4, -0.2) is 63.4 Å². The Bertz CT molecular complexity index is 972. The first-order valence-corrected chi connectivity index (χ1v) is 9.51. The molecule has 27 heavy (non-hydrogen) atoms. The molecule has 1 aromatic heterocycles. The monoisotopic (exact) mass is 382 g/mol. The van der Waals surface area contributed by atoms with Crippen LogP contribution >= 0.6 is 12.2 Å². The summed E-state index contributed by atoms with van der Waals surface area (Å²) in [5.74, 6) is 0.0231. The Labute approximate surface area is 163 Å². The number of likely N-dealkylation sites (tertiary alicyclic amines) is 1. The number of carbonyl (C=O) groups is 2. The Morgan fingerprint density at radius 3 is 2.52 bits per heavy atom. The summed E-state index contributed by atoms with van der Waals surface area (Å²) < 4.78 is 1.98. The molecule has 1 aromatic carbocycles. The van der Waals surface area contributed by atoms with Gasteiger partial charge in [0, 0.05) is 49.8 Å². The van der Waals surface area contributed by atoms with Crippen molar-refractivity contribution in [2.45, 2.75) is 19.4 Å². The van der Waals surface area contributed by atoms with Crippen molar-refractivity contribution in [3.8, 4) is 0 Å². The quantitative estimate of drug-likeness (QED) is 0.604. The van der Waals surface area contributed by atoms with Crippen molar-refractivity contribution in [3.63, 3.8) is 0 Å². The Balaban J connectivity index is 1.72. The summed E-state index contributed by atoms with van der Waals surface area (Å²) in [7, 11) is 3.48. The molecule has 0 bridgehead atoms. The number of hydrogen-bond donors (Lipinski definition) is 0. The van der Waals surface area contributed by atoms with Crippen LogP contribution in [0.3, 0.4) is 0 Å².